The number of benzene rings is 2. The molecule has 2 fully saturated rings. The molecule has 0 radical (unpaired) electrons. The maximum atomic E-state index is 13.6. The fraction of sp³-hybridized carbons (Fsp3) is 0.455. The van der Waals surface area contributed by atoms with Gasteiger partial charge in [-0.25, -0.2) is 9.59 Å². The standard InChI is InChI=1S/C31H39N5O7.C2HF3O2/c37-27(18-33-28(38)23-13-7-15-32-23)34-24(17-21-9-3-1-4-10-21)29(39)35-25(20-43-19-22-11-5-2-6-12-22)30(40)36-16-8-14-26(36)31(41)42;3-2(4,5)1(6)7/h1-6,9-12,23-26,32H,7-8,13-20H2,(H,33,38)(H,34,37)(H,35,39)(H,41,42);(H,6,7)/t23-,24-,25-,26-;/m0./s1. The topological polar surface area (TPSA) is 203 Å². The van der Waals surface area contributed by atoms with Crippen LogP contribution in [0, 0.1) is 0 Å². The number of hydrogen-bond donors (Lipinski definition) is 6. The van der Waals surface area contributed by atoms with E-state index in [0.717, 1.165) is 24.1 Å². The van der Waals surface area contributed by atoms with Crippen LogP contribution in [0.3, 0.4) is 0 Å². The van der Waals surface area contributed by atoms with Gasteiger partial charge in [0, 0.05) is 13.0 Å². The van der Waals surface area contributed by atoms with Gasteiger partial charge in [-0.15, -0.1) is 0 Å². The lowest BCUT2D eigenvalue weighted by molar-refractivity contribution is -0.192. The molecule has 2 aliphatic heterocycles. The van der Waals surface area contributed by atoms with E-state index < -0.39 is 54.0 Å². The number of hydrogen-bond acceptors (Lipinski definition) is 8. The lowest BCUT2D eigenvalue weighted by atomic mass is 10.0. The molecule has 14 nitrogen and oxygen atoms in total. The molecule has 6 N–H and O–H groups in total. The lowest BCUT2D eigenvalue weighted by Crippen LogP contribution is -2.58. The molecule has 0 saturated carbocycles. The maximum absolute atomic E-state index is 13.6. The van der Waals surface area contributed by atoms with Gasteiger partial charge in [-0.05, 0) is 43.4 Å². The van der Waals surface area contributed by atoms with E-state index in [9.17, 15) is 42.3 Å². The Morgan fingerprint density at radius 3 is 2.06 bits per heavy atom. The summed E-state index contributed by atoms with van der Waals surface area (Å²) in [7, 11) is 0. The second-order valence-corrected chi connectivity index (χ2v) is 11.6. The Balaban J connectivity index is 0.000000872. The lowest BCUT2D eigenvalue weighted by Gasteiger charge is -2.28. The molecule has 0 unspecified atom stereocenters. The summed E-state index contributed by atoms with van der Waals surface area (Å²) < 4.78 is 37.5. The highest BCUT2D eigenvalue weighted by Gasteiger charge is 2.39. The fourth-order valence-electron chi connectivity index (χ4n) is 5.31. The van der Waals surface area contributed by atoms with Gasteiger partial charge >= 0.3 is 18.1 Å². The van der Waals surface area contributed by atoms with E-state index in [1.807, 2.05) is 60.7 Å². The molecule has 2 aromatic carbocycles. The van der Waals surface area contributed by atoms with Crippen molar-refractivity contribution in [3.8, 4) is 0 Å². The number of nitrogens with zero attached hydrogens (tertiary/aromatic N) is 1. The number of rotatable bonds is 14. The largest absolute Gasteiger partial charge is 0.490 e. The van der Waals surface area contributed by atoms with E-state index in [1.165, 1.54) is 4.90 Å². The molecule has 4 atom stereocenters. The van der Waals surface area contributed by atoms with Gasteiger partial charge < -0.3 is 41.1 Å². The van der Waals surface area contributed by atoms with Crippen LogP contribution in [0.4, 0.5) is 13.2 Å². The van der Waals surface area contributed by atoms with E-state index in [0.29, 0.717) is 19.3 Å². The zero-order valence-electron chi connectivity index (χ0n) is 27.0. The second kappa shape index (κ2) is 19.2. The zero-order valence-corrected chi connectivity index (χ0v) is 27.0. The normalized spacial score (nSPS) is 18.2. The van der Waals surface area contributed by atoms with Crippen LogP contribution in [0.25, 0.3) is 0 Å². The summed E-state index contributed by atoms with van der Waals surface area (Å²) >= 11 is 0. The van der Waals surface area contributed by atoms with Crippen molar-refractivity contribution < 1.29 is 56.9 Å². The Labute approximate surface area is 285 Å². The van der Waals surface area contributed by atoms with E-state index in [4.69, 9.17) is 14.6 Å². The average molecular weight is 708 g/mol. The average Bonchev–Trinajstić information content (AvgIpc) is 3.81. The smallest absolute Gasteiger partial charge is 0.480 e. The van der Waals surface area contributed by atoms with E-state index in [-0.39, 0.29) is 44.7 Å². The van der Waals surface area contributed by atoms with Crippen molar-refractivity contribution in [1.29, 1.82) is 0 Å². The van der Waals surface area contributed by atoms with Gasteiger partial charge in [-0.3, -0.25) is 19.2 Å². The van der Waals surface area contributed by atoms with E-state index in [2.05, 4.69) is 21.3 Å². The summed E-state index contributed by atoms with van der Waals surface area (Å²) in [4.78, 5) is 74.4. The van der Waals surface area contributed by atoms with Crippen molar-refractivity contribution in [3.63, 3.8) is 0 Å². The predicted octanol–water partition coefficient (Wildman–Crippen LogP) is 0.993. The van der Waals surface area contributed by atoms with Gasteiger partial charge in [0.1, 0.15) is 18.1 Å². The van der Waals surface area contributed by atoms with Crippen molar-refractivity contribution in [2.75, 3.05) is 26.2 Å². The molecule has 2 aliphatic rings. The fourth-order valence-corrected chi connectivity index (χ4v) is 5.31. The van der Waals surface area contributed by atoms with Crippen LogP contribution < -0.4 is 21.3 Å². The van der Waals surface area contributed by atoms with Crippen LogP contribution in [-0.2, 0) is 46.5 Å². The van der Waals surface area contributed by atoms with Crippen LogP contribution in [0.1, 0.15) is 36.8 Å². The Bertz CT molecular complexity index is 1460. The molecule has 50 heavy (non-hydrogen) atoms. The van der Waals surface area contributed by atoms with Gasteiger partial charge in [0.05, 0.1) is 25.8 Å². The molecule has 2 aromatic rings. The Morgan fingerprint density at radius 1 is 0.880 bits per heavy atom. The number of aliphatic carboxylic acids is 2. The number of carbonyl (C=O) groups excluding carboxylic acids is 4. The molecule has 2 heterocycles. The Kier molecular flexibility index (Phi) is 15.2. The first-order valence-electron chi connectivity index (χ1n) is 15.9. The number of carboxylic acid groups (broad SMARTS) is 2. The minimum Gasteiger partial charge on any atom is -0.480 e. The summed E-state index contributed by atoms with van der Waals surface area (Å²) in [5.41, 5.74) is 1.64. The first-order valence-corrected chi connectivity index (χ1v) is 15.9. The second-order valence-electron chi connectivity index (χ2n) is 11.6. The molecule has 0 spiro atoms. The molecular formula is C33H40F3N5O9. The van der Waals surface area contributed by atoms with Crippen LogP contribution >= 0.6 is 0 Å². The highest BCUT2D eigenvalue weighted by atomic mass is 19.4. The molecular weight excluding hydrogens is 667 g/mol. The minimum absolute atomic E-state index is 0.129. The number of ether oxygens (including phenoxy) is 1. The van der Waals surface area contributed by atoms with Crippen molar-refractivity contribution in [3.05, 3.63) is 71.8 Å². The summed E-state index contributed by atoms with van der Waals surface area (Å²) in [6, 6.07) is 14.8. The Hall–Kier alpha value is -5.03. The minimum atomic E-state index is -5.08. The van der Waals surface area contributed by atoms with Crippen LogP contribution in [0.2, 0.25) is 0 Å². The van der Waals surface area contributed by atoms with Crippen LogP contribution in [-0.4, -0.2) is 107 Å². The van der Waals surface area contributed by atoms with Gasteiger partial charge in [-0.1, -0.05) is 60.7 Å². The number of carboxylic acids is 2. The first kappa shape index (κ1) is 39.4. The molecule has 17 heteroatoms. The number of amides is 4. The summed E-state index contributed by atoms with van der Waals surface area (Å²) in [6.07, 6.45) is -2.54. The first-order chi connectivity index (χ1) is 23.8. The van der Waals surface area contributed by atoms with Crippen molar-refractivity contribution >= 4 is 35.6 Å². The molecule has 272 valence electrons. The van der Waals surface area contributed by atoms with E-state index in [1.54, 1.807) is 0 Å². The van der Waals surface area contributed by atoms with Crippen LogP contribution in [0.5, 0.6) is 0 Å². The molecule has 0 bridgehead atoms. The third kappa shape index (κ3) is 12.8. The van der Waals surface area contributed by atoms with Gasteiger partial charge in [-0.2, -0.15) is 13.2 Å². The molecule has 4 amide bonds. The van der Waals surface area contributed by atoms with E-state index >= 15 is 0 Å². The highest BCUT2D eigenvalue weighted by molar-refractivity contribution is 5.95. The number of likely N-dealkylation sites (tertiary alicyclic amines) is 1. The maximum Gasteiger partial charge on any atom is 0.490 e. The molecule has 0 aromatic heterocycles. The SMILES string of the molecule is O=C(CNC(=O)[C@@H]1CCCN1)N[C@@H](Cc1ccccc1)C(=O)N[C@@H](COCc1ccccc1)C(=O)N1CCC[C@H]1C(=O)O.O=C(O)C(F)(F)F. The zero-order chi connectivity index (χ0) is 36.7. The van der Waals surface area contributed by atoms with Crippen molar-refractivity contribution in [1.82, 2.24) is 26.2 Å². The van der Waals surface area contributed by atoms with Gasteiger partial charge in [0.25, 0.3) is 0 Å². The van der Waals surface area contributed by atoms with Crippen molar-refractivity contribution in [2.45, 2.75) is 69.1 Å². The summed E-state index contributed by atoms with van der Waals surface area (Å²) in [6.45, 7) is 0.664. The molecule has 4 rings (SSSR count). The van der Waals surface area contributed by atoms with Gasteiger partial charge in [0.15, 0.2) is 0 Å². The van der Waals surface area contributed by atoms with Crippen LogP contribution in [0.15, 0.2) is 60.7 Å². The van der Waals surface area contributed by atoms with Gasteiger partial charge in [0.2, 0.25) is 23.6 Å². The molecule has 2 saturated heterocycles. The number of halogens is 3. The van der Waals surface area contributed by atoms with Crippen molar-refractivity contribution in [2.24, 2.45) is 0 Å². The number of nitrogens with one attached hydrogen (secondary N) is 4. The number of carbonyl (C=O) groups is 6. The summed E-state index contributed by atoms with van der Waals surface area (Å²) in [5, 5.41) is 27.8. The predicted molar refractivity (Wildman–Crippen MR) is 170 cm³/mol. The Morgan fingerprint density at radius 2 is 1.50 bits per heavy atom. The quantitative estimate of drug-likeness (QED) is 0.164. The third-order valence-electron chi connectivity index (χ3n) is 7.81. The monoisotopic (exact) mass is 707 g/mol. The summed E-state index contributed by atoms with van der Waals surface area (Å²) in [5.74, 6) is -5.90. The number of alkyl halides is 3. The molecule has 0 aliphatic carbocycles. The highest BCUT2D eigenvalue weighted by Crippen LogP contribution is 2.19. The third-order valence-corrected chi connectivity index (χ3v) is 7.81.